The number of anilines is 1. The van der Waals surface area contributed by atoms with Gasteiger partial charge in [-0.3, -0.25) is 9.36 Å². The van der Waals surface area contributed by atoms with E-state index in [0.717, 1.165) is 33.3 Å². The molecular formula is C27H28N4O2S. The van der Waals surface area contributed by atoms with E-state index in [9.17, 15) is 4.79 Å². The largest absolute Gasteiger partial charge is 0.483 e. The number of hydrogen-bond acceptors (Lipinski definition) is 5. The molecule has 1 atom stereocenters. The van der Waals surface area contributed by atoms with Gasteiger partial charge in [-0.15, -0.1) is 16.8 Å². The number of fused-ring (bicyclic) bond motifs is 1. The lowest BCUT2D eigenvalue weighted by atomic mass is 10.1. The molecule has 0 fully saturated rings. The number of thioether (sulfide) groups is 1. The van der Waals surface area contributed by atoms with Gasteiger partial charge in [-0.05, 0) is 55.5 Å². The molecule has 0 saturated carbocycles. The van der Waals surface area contributed by atoms with Crippen LogP contribution in [-0.4, -0.2) is 26.4 Å². The molecule has 0 aliphatic rings. The summed E-state index contributed by atoms with van der Waals surface area (Å²) < 4.78 is 8.10. The van der Waals surface area contributed by atoms with Gasteiger partial charge in [0.25, 0.3) is 0 Å². The van der Waals surface area contributed by atoms with Crippen molar-refractivity contribution in [1.29, 1.82) is 0 Å². The minimum Gasteiger partial charge on any atom is -0.483 e. The number of carbonyl (C=O) groups is 1. The summed E-state index contributed by atoms with van der Waals surface area (Å²) in [5.41, 5.74) is 3.08. The molecule has 6 nitrogen and oxygen atoms in total. The zero-order valence-electron chi connectivity index (χ0n) is 19.6. The Morgan fingerprint density at radius 3 is 2.62 bits per heavy atom. The van der Waals surface area contributed by atoms with Crippen LogP contribution in [0.3, 0.4) is 0 Å². The number of aromatic nitrogens is 3. The maximum absolute atomic E-state index is 12.7. The van der Waals surface area contributed by atoms with Gasteiger partial charge in [-0.2, -0.15) is 0 Å². The van der Waals surface area contributed by atoms with Crippen LogP contribution in [0.4, 0.5) is 5.69 Å². The summed E-state index contributed by atoms with van der Waals surface area (Å²) in [6, 6.07) is 20.0. The maximum atomic E-state index is 12.7. The summed E-state index contributed by atoms with van der Waals surface area (Å²) in [6.07, 6.45) is 1.48. The van der Waals surface area contributed by atoms with Crippen LogP contribution >= 0.6 is 11.8 Å². The molecule has 174 valence electrons. The summed E-state index contributed by atoms with van der Waals surface area (Å²) >= 11 is 1.34. The van der Waals surface area contributed by atoms with Crippen molar-refractivity contribution in [3.8, 4) is 5.75 Å². The second-order valence-electron chi connectivity index (χ2n) is 8.19. The van der Waals surface area contributed by atoms with Gasteiger partial charge in [-0.25, -0.2) is 0 Å². The summed E-state index contributed by atoms with van der Waals surface area (Å²) in [5, 5.41) is 14.5. The lowest BCUT2D eigenvalue weighted by Crippen LogP contribution is -2.15. The number of allylic oxidation sites excluding steroid dienone is 1. The van der Waals surface area contributed by atoms with Gasteiger partial charge in [0.2, 0.25) is 5.91 Å². The molecule has 0 radical (unpaired) electrons. The van der Waals surface area contributed by atoms with E-state index in [1.807, 2.05) is 79.9 Å². The molecule has 4 rings (SSSR count). The van der Waals surface area contributed by atoms with Crippen molar-refractivity contribution in [2.75, 3.05) is 11.1 Å². The highest BCUT2D eigenvalue weighted by Crippen LogP contribution is 2.27. The fourth-order valence-electron chi connectivity index (χ4n) is 3.92. The molecule has 0 aliphatic heterocycles. The molecule has 7 heteroatoms. The number of carbonyl (C=O) groups excluding carboxylic acids is 1. The average molecular weight is 473 g/mol. The summed E-state index contributed by atoms with van der Waals surface area (Å²) in [5.74, 6) is 1.60. The van der Waals surface area contributed by atoms with Crippen molar-refractivity contribution < 1.29 is 9.53 Å². The van der Waals surface area contributed by atoms with E-state index >= 15 is 0 Å². The first-order valence-corrected chi connectivity index (χ1v) is 12.1. The molecule has 0 aliphatic carbocycles. The first-order chi connectivity index (χ1) is 16.4. The lowest BCUT2D eigenvalue weighted by Gasteiger charge is -2.16. The van der Waals surface area contributed by atoms with Crippen LogP contribution < -0.4 is 10.1 Å². The molecule has 1 heterocycles. The molecule has 3 aromatic carbocycles. The van der Waals surface area contributed by atoms with Crippen LogP contribution in [0.5, 0.6) is 5.75 Å². The van der Waals surface area contributed by atoms with Gasteiger partial charge in [0.15, 0.2) is 17.1 Å². The standard InChI is InChI=1S/C27H28N4O2S/c1-5-13-31-26(20(4)33-22-15-18(2)14-19(3)16-22)29-30-27(31)34-17-25(32)28-24-12-8-10-21-9-6-7-11-23(21)24/h5-12,14-16,20H,1,13,17H2,2-4H3,(H,28,32). The van der Waals surface area contributed by atoms with Crippen LogP contribution in [0.2, 0.25) is 0 Å². The Hall–Kier alpha value is -3.58. The highest BCUT2D eigenvalue weighted by Gasteiger charge is 2.20. The number of amides is 1. The van der Waals surface area contributed by atoms with Crippen LogP contribution in [0.25, 0.3) is 10.8 Å². The number of aryl methyl sites for hydroxylation is 2. The minimum absolute atomic E-state index is 0.101. The van der Waals surface area contributed by atoms with E-state index in [2.05, 4.69) is 28.2 Å². The average Bonchev–Trinajstić information content (AvgIpc) is 3.20. The summed E-state index contributed by atoms with van der Waals surface area (Å²) in [4.78, 5) is 12.7. The second kappa shape index (κ2) is 10.6. The van der Waals surface area contributed by atoms with Crippen molar-refractivity contribution in [3.63, 3.8) is 0 Å². The Bertz CT molecular complexity index is 1310. The predicted molar refractivity (Wildman–Crippen MR) is 138 cm³/mol. The molecule has 1 unspecified atom stereocenters. The monoisotopic (exact) mass is 472 g/mol. The van der Waals surface area contributed by atoms with Gasteiger partial charge in [0.05, 0.1) is 5.75 Å². The van der Waals surface area contributed by atoms with Crippen molar-refractivity contribution in [3.05, 3.63) is 90.3 Å². The molecule has 0 bridgehead atoms. The number of hydrogen-bond donors (Lipinski definition) is 1. The van der Waals surface area contributed by atoms with Crippen LogP contribution in [-0.2, 0) is 11.3 Å². The smallest absolute Gasteiger partial charge is 0.234 e. The number of nitrogens with one attached hydrogen (secondary N) is 1. The van der Waals surface area contributed by atoms with Crippen molar-refractivity contribution >= 4 is 34.1 Å². The van der Waals surface area contributed by atoms with E-state index in [4.69, 9.17) is 4.74 Å². The van der Waals surface area contributed by atoms with E-state index < -0.39 is 0 Å². The molecule has 0 saturated heterocycles. The Kier molecular flexibility index (Phi) is 7.33. The van der Waals surface area contributed by atoms with Gasteiger partial charge in [0.1, 0.15) is 5.75 Å². The molecular weight excluding hydrogens is 444 g/mol. The maximum Gasteiger partial charge on any atom is 0.234 e. The van der Waals surface area contributed by atoms with E-state index in [-0.39, 0.29) is 17.8 Å². The van der Waals surface area contributed by atoms with Gasteiger partial charge in [0, 0.05) is 17.6 Å². The number of nitrogens with zero attached hydrogens (tertiary/aromatic N) is 3. The van der Waals surface area contributed by atoms with Gasteiger partial charge in [-0.1, -0.05) is 60.3 Å². The van der Waals surface area contributed by atoms with Gasteiger partial charge >= 0.3 is 0 Å². The minimum atomic E-state index is -0.312. The Labute approximate surface area is 204 Å². The third-order valence-electron chi connectivity index (χ3n) is 5.32. The zero-order valence-corrected chi connectivity index (χ0v) is 20.4. The van der Waals surface area contributed by atoms with Crippen molar-refractivity contribution in [2.45, 2.75) is 38.6 Å². The molecule has 1 amide bonds. The van der Waals surface area contributed by atoms with Crippen LogP contribution in [0.1, 0.15) is 30.0 Å². The SMILES string of the molecule is C=CCn1c(SCC(=O)Nc2cccc3ccccc23)nnc1C(C)Oc1cc(C)cc(C)c1. The van der Waals surface area contributed by atoms with Gasteiger partial charge < -0.3 is 10.1 Å². The summed E-state index contributed by atoms with van der Waals surface area (Å²) in [6.45, 7) is 10.4. The number of benzene rings is 3. The fraction of sp³-hybridized carbons (Fsp3) is 0.222. The fourth-order valence-corrected chi connectivity index (χ4v) is 4.67. The van der Waals surface area contributed by atoms with Crippen LogP contribution in [0, 0.1) is 13.8 Å². The molecule has 0 spiro atoms. The van der Waals surface area contributed by atoms with Crippen LogP contribution in [0.15, 0.2) is 78.5 Å². The number of ether oxygens (including phenoxy) is 1. The predicted octanol–water partition coefficient (Wildman–Crippen LogP) is 6.10. The molecule has 34 heavy (non-hydrogen) atoms. The topological polar surface area (TPSA) is 69.0 Å². The molecule has 4 aromatic rings. The normalized spacial score (nSPS) is 11.9. The number of rotatable bonds is 9. The Morgan fingerprint density at radius 1 is 1.12 bits per heavy atom. The second-order valence-corrected chi connectivity index (χ2v) is 9.13. The Balaban J connectivity index is 1.45. The van der Waals surface area contributed by atoms with E-state index in [0.29, 0.717) is 17.5 Å². The summed E-state index contributed by atoms with van der Waals surface area (Å²) in [7, 11) is 0. The first kappa shape index (κ1) is 23.6. The first-order valence-electron chi connectivity index (χ1n) is 11.1. The molecule has 1 aromatic heterocycles. The highest BCUT2D eigenvalue weighted by molar-refractivity contribution is 7.99. The van der Waals surface area contributed by atoms with E-state index in [1.54, 1.807) is 6.08 Å². The van der Waals surface area contributed by atoms with Crippen molar-refractivity contribution in [2.24, 2.45) is 0 Å². The molecule has 1 N–H and O–H groups in total. The quantitative estimate of drug-likeness (QED) is 0.235. The lowest BCUT2D eigenvalue weighted by molar-refractivity contribution is -0.113. The third-order valence-corrected chi connectivity index (χ3v) is 6.29. The Morgan fingerprint density at radius 2 is 1.85 bits per heavy atom. The van der Waals surface area contributed by atoms with E-state index in [1.165, 1.54) is 11.8 Å². The van der Waals surface area contributed by atoms with Crippen molar-refractivity contribution in [1.82, 2.24) is 14.8 Å². The highest BCUT2D eigenvalue weighted by atomic mass is 32.2. The third kappa shape index (κ3) is 5.48. The zero-order chi connectivity index (χ0) is 24.1.